The monoisotopic (exact) mass is 155 g/mol. The SMILES string of the molecule is C=CN1CCC(OC(C)C)C1. The summed E-state index contributed by atoms with van der Waals surface area (Å²) in [4.78, 5) is 2.20. The molecule has 0 radical (unpaired) electrons. The topological polar surface area (TPSA) is 12.5 Å². The molecule has 1 fully saturated rings. The predicted molar refractivity (Wildman–Crippen MR) is 46.4 cm³/mol. The summed E-state index contributed by atoms with van der Waals surface area (Å²) in [6.45, 7) is 10.0. The van der Waals surface area contributed by atoms with Gasteiger partial charge in [0.1, 0.15) is 0 Å². The van der Waals surface area contributed by atoms with E-state index >= 15 is 0 Å². The molecule has 0 aromatic rings. The molecule has 1 heterocycles. The Kier molecular flexibility index (Phi) is 2.94. The van der Waals surface area contributed by atoms with Crippen LogP contribution in [0.3, 0.4) is 0 Å². The van der Waals surface area contributed by atoms with Gasteiger partial charge in [0.2, 0.25) is 0 Å². The van der Waals surface area contributed by atoms with Crippen LogP contribution in [0.15, 0.2) is 12.8 Å². The zero-order chi connectivity index (χ0) is 8.27. The van der Waals surface area contributed by atoms with E-state index in [1.165, 1.54) is 0 Å². The van der Waals surface area contributed by atoms with Crippen molar-refractivity contribution in [2.75, 3.05) is 13.1 Å². The first-order valence-electron chi connectivity index (χ1n) is 4.24. The standard InChI is InChI=1S/C9H17NO/c1-4-10-6-5-9(7-10)11-8(2)3/h4,8-9H,1,5-7H2,2-3H3. The van der Waals surface area contributed by atoms with Crippen molar-refractivity contribution in [2.45, 2.75) is 32.5 Å². The molecule has 0 aliphatic carbocycles. The number of ether oxygens (including phenoxy) is 1. The van der Waals surface area contributed by atoms with Gasteiger partial charge >= 0.3 is 0 Å². The highest BCUT2D eigenvalue weighted by Crippen LogP contribution is 2.13. The average molecular weight is 155 g/mol. The van der Waals surface area contributed by atoms with Crippen LogP contribution < -0.4 is 0 Å². The van der Waals surface area contributed by atoms with Gasteiger partial charge in [0.25, 0.3) is 0 Å². The highest BCUT2D eigenvalue weighted by molar-refractivity contribution is 4.82. The van der Waals surface area contributed by atoms with E-state index < -0.39 is 0 Å². The normalized spacial score (nSPS) is 24.6. The maximum absolute atomic E-state index is 5.65. The first kappa shape index (κ1) is 8.60. The molecule has 1 saturated heterocycles. The lowest BCUT2D eigenvalue weighted by atomic mass is 10.3. The Morgan fingerprint density at radius 2 is 2.36 bits per heavy atom. The average Bonchev–Trinajstić information content (AvgIpc) is 2.34. The van der Waals surface area contributed by atoms with Crippen molar-refractivity contribution in [3.05, 3.63) is 12.8 Å². The molecule has 0 bridgehead atoms. The fraction of sp³-hybridized carbons (Fsp3) is 0.778. The number of nitrogens with zero attached hydrogens (tertiary/aromatic N) is 1. The van der Waals surface area contributed by atoms with Gasteiger partial charge in [0.15, 0.2) is 0 Å². The van der Waals surface area contributed by atoms with Gasteiger partial charge in [0, 0.05) is 13.1 Å². The third-order valence-corrected chi connectivity index (χ3v) is 1.90. The maximum atomic E-state index is 5.65. The third kappa shape index (κ3) is 2.54. The molecule has 11 heavy (non-hydrogen) atoms. The molecule has 1 unspecified atom stereocenters. The molecular formula is C9H17NO. The summed E-state index contributed by atoms with van der Waals surface area (Å²) in [7, 11) is 0. The van der Waals surface area contributed by atoms with E-state index in [4.69, 9.17) is 4.74 Å². The van der Waals surface area contributed by atoms with Crippen LogP contribution in [0.5, 0.6) is 0 Å². The van der Waals surface area contributed by atoms with Crippen molar-refractivity contribution in [1.29, 1.82) is 0 Å². The molecule has 0 saturated carbocycles. The molecule has 0 aromatic carbocycles. The van der Waals surface area contributed by atoms with Crippen LogP contribution in [0.25, 0.3) is 0 Å². The predicted octanol–water partition coefficient (Wildman–Crippen LogP) is 1.63. The second kappa shape index (κ2) is 3.77. The van der Waals surface area contributed by atoms with Crippen LogP contribution in [0.1, 0.15) is 20.3 Å². The Bertz CT molecular complexity index is 134. The van der Waals surface area contributed by atoms with Crippen molar-refractivity contribution < 1.29 is 4.74 Å². The van der Waals surface area contributed by atoms with Crippen LogP contribution in [-0.4, -0.2) is 30.2 Å². The second-order valence-corrected chi connectivity index (χ2v) is 3.27. The minimum Gasteiger partial charge on any atom is -0.375 e. The highest BCUT2D eigenvalue weighted by Gasteiger charge is 2.20. The molecule has 1 aliphatic heterocycles. The van der Waals surface area contributed by atoms with Gasteiger partial charge in [-0.3, -0.25) is 0 Å². The van der Waals surface area contributed by atoms with Crippen molar-refractivity contribution in [1.82, 2.24) is 4.90 Å². The minimum absolute atomic E-state index is 0.352. The van der Waals surface area contributed by atoms with E-state index in [1.54, 1.807) is 0 Å². The second-order valence-electron chi connectivity index (χ2n) is 3.27. The zero-order valence-electron chi connectivity index (χ0n) is 7.42. The summed E-state index contributed by atoms with van der Waals surface area (Å²) in [5.41, 5.74) is 0. The molecule has 2 heteroatoms. The van der Waals surface area contributed by atoms with Crippen LogP contribution in [0, 0.1) is 0 Å². The van der Waals surface area contributed by atoms with Crippen molar-refractivity contribution in [2.24, 2.45) is 0 Å². The largest absolute Gasteiger partial charge is 0.375 e. The summed E-state index contributed by atoms with van der Waals surface area (Å²) >= 11 is 0. The van der Waals surface area contributed by atoms with E-state index in [9.17, 15) is 0 Å². The first-order chi connectivity index (χ1) is 5.22. The minimum atomic E-state index is 0.352. The zero-order valence-corrected chi connectivity index (χ0v) is 7.42. The van der Waals surface area contributed by atoms with Crippen LogP contribution in [0.4, 0.5) is 0 Å². The van der Waals surface area contributed by atoms with Gasteiger partial charge in [-0.1, -0.05) is 6.58 Å². The van der Waals surface area contributed by atoms with Gasteiger partial charge in [-0.05, 0) is 26.5 Å². The fourth-order valence-corrected chi connectivity index (χ4v) is 1.42. The van der Waals surface area contributed by atoms with E-state index in [-0.39, 0.29) is 0 Å². The van der Waals surface area contributed by atoms with Gasteiger partial charge in [-0.2, -0.15) is 0 Å². The Morgan fingerprint density at radius 3 is 2.82 bits per heavy atom. The van der Waals surface area contributed by atoms with E-state index in [0.29, 0.717) is 12.2 Å². The Balaban J connectivity index is 2.24. The first-order valence-corrected chi connectivity index (χ1v) is 4.24. The molecule has 0 spiro atoms. The van der Waals surface area contributed by atoms with E-state index in [1.807, 2.05) is 6.20 Å². The smallest absolute Gasteiger partial charge is 0.0770 e. The molecule has 0 N–H and O–H groups in total. The van der Waals surface area contributed by atoms with Crippen LogP contribution in [-0.2, 0) is 4.74 Å². The van der Waals surface area contributed by atoms with E-state index in [2.05, 4.69) is 25.3 Å². The molecule has 1 rings (SSSR count). The van der Waals surface area contributed by atoms with Gasteiger partial charge in [-0.15, -0.1) is 0 Å². The lowest BCUT2D eigenvalue weighted by molar-refractivity contribution is 0.0162. The van der Waals surface area contributed by atoms with Gasteiger partial charge in [0.05, 0.1) is 12.2 Å². The van der Waals surface area contributed by atoms with Crippen LogP contribution >= 0.6 is 0 Å². The van der Waals surface area contributed by atoms with Gasteiger partial charge < -0.3 is 9.64 Å². The number of likely N-dealkylation sites (tertiary alicyclic amines) is 1. The molecule has 0 aromatic heterocycles. The molecular weight excluding hydrogens is 138 g/mol. The number of rotatable bonds is 3. The lowest BCUT2D eigenvalue weighted by Crippen LogP contribution is -2.21. The lowest BCUT2D eigenvalue weighted by Gasteiger charge is -2.15. The molecule has 1 aliphatic rings. The third-order valence-electron chi connectivity index (χ3n) is 1.90. The van der Waals surface area contributed by atoms with Crippen molar-refractivity contribution >= 4 is 0 Å². The summed E-state index contributed by atoms with van der Waals surface area (Å²) in [5.74, 6) is 0. The molecule has 1 atom stereocenters. The quantitative estimate of drug-likeness (QED) is 0.614. The molecule has 2 nitrogen and oxygen atoms in total. The van der Waals surface area contributed by atoms with Gasteiger partial charge in [-0.25, -0.2) is 0 Å². The highest BCUT2D eigenvalue weighted by atomic mass is 16.5. The Hall–Kier alpha value is -0.500. The Morgan fingerprint density at radius 1 is 1.64 bits per heavy atom. The summed E-state index contributed by atoms with van der Waals surface area (Å²) < 4.78 is 5.65. The summed E-state index contributed by atoms with van der Waals surface area (Å²) in [6, 6.07) is 0. The maximum Gasteiger partial charge on any atom is 0.0770 e. The summed E-state index contributed by atoms with van der Waals surface area (Å²) in [6.07, 6.45) is 3.81. The Labute approximate surface area is 68.8 Å². The molecule has 64 valence electrons. The van der Waals surface area contributed by atoms with E-state index in [0.717, 1.165) is 19.5 Å². The van der Waals surface area contributed by atoms with Crippen LogP contribution in [0.2, 0.25) is 0 Å². The summed E-state index contributed by atoms with van der Waals surface area (Å²) in [5, 5.41) is 0. The molecule has 0 amide bonds. The van der Waals surface area contributed by atoms with Crippen molar-refractivity contribution in [3.8, 4) is 0 Å². The number of hydrogen-bond acceptors (Lipinski definition) is 2. The number of hydrogen-bond donors (Lipinski definition) is 0. The fourth-order valence-electron chi connectivity index (χ4n) is 1.42. The van der Waals surface area contributed by atoms with Crippen molar-refractivity contribution in [3.63, 3.8) is 0 Å².